The molecule has 1 aliphatic rings. The number of carbonyl (C=O) groups excluding carboxylic acids is 1. The van der Waals surface area contributed by atoms with Crippen molar-refractivity contribution in [3.8, 4) is 0 Å². The number of anilines is 1. The van der Waals surface area contributed by atoms with Gasteiger partial charge in [0.15, 0.2) is 4.32 Å². The van der Waals surface area contributed by atoms with E-state index >= 15 is 0 Å². The summed E-state index contributed by atoms with van der Waals surface area (Å²) in [6.45, 7) is 0. The van der Waals surface area contributed by atoms with Crippen molar-refractivity contribution in [3.05, 3.63) is 70.3 Å². The molecule has 4 nitrogen and oxygen atoms in total. The Hall–Kier alpha value is -2.28. The van der Waals surface area contributed by atoms with Gasteiger partial charge >= 0.3 is 0 Å². The molecule has 2 heterocycles. The van der Waals surface area contributed by atoms with Crippen LogP contribution in [0.3, 0.4) is 0 Å². The Balaban J connectivity index is 1.68. The number of rotatable bonds is 2. The standard InChI is InChI=1S/C18H10ClN3OS2/c19-11-5-7-13(8-6-11)22-17(23)16(25-18(22)24)9-12-10-20-14-3-1-2-4-15(14)21-12/h1-10H. The SMILES string of the molecule is O=C1C(=Cc2cnc3ccccc3n2)SC(=S)N1c1ccc(Cl)cc1. The van der Waals surface area contributed by atoms with Crippen LogP contribution in [-0.4, -0.2) is 20.2 Å². The molecule has 0 spiro atoms. The van der Waals surface area contributed by atoms with Crippen LogP contribution in [0.25, 0.3) is 17.1 Å². The van der Waals surface area contributed by atoms with Crippen LogP contribution < -0.4 is 4.90 Å². The van der Waals surface area contributed by atoms with Gasteiger partial charge in [0, 0.05) is 5.02 Å². The zero-order valence-corrected chi connectivity index (χ0v) is 15.1. The van der Waals surface area contributed by atoms with Crippen LogP contribution in [0.2, 0.25) is 5.02 Å². The van der Waals surface area contributed by atoms with E-state index in [1.54, 1.807) is 36.5 Å². The Morgan fingerprint density at radius 2 is 1.80 bits per heavy atom. The highest BCUT2D eigenvalue weighted by molar-refractivity contribution is 8.27. The quantitative estimate of drug-likeness (QED) is 0.474. The molecule has 122 valence electrons. The van der Waals surface area contributed by atoms with Crippen LogP contribution in [0, 0.1) is 0 Å². The Morgan fingerprint density at radius 3 is 2.56 bits per heavy atom. The normalized spacial score (nSPS) is 16.2. The second-order valence-corrected chi connectivity index (χ2v) is 7.39. The lowest BCUT2D eigenvalue weighted by molar-refractivity contribution is -0.113. The van der Waals surface area contributed by atoms with Gasteiger partial charge in [0.1, 0.15) is 0 Å². The minimum atomic E-state index is -0.174. The van der Waals surface area contributed by atoms with Gasteiger partial charge in [-0.2, -0.15) is 0 Å². The molecule has 1 amide bonds. The van der Waals surface area contributed by atoms with Crippen molar-refractivity contribution >= 4 is 68.6 Å². The van der Waals surface area contributed by atoms with E-state index in [0.717, 1.165) is 11.0 Å². The van der Waals surface area contributed by atoms with Gasteiger partial charge in [-0.3, -0.25) is 14.7 Å². The first-order valence-corrected chi connectivity index (χ1v) is 8.97. The third kappa shape index (κ3) is 3.16. The number of aromatic nitrogens is 2. The first-order valence-electron chi connectivity index (χ1n) is 7.37. The molecule has 0 radical (unpaired) electrons. The smallest absolute Gasteiger partial charge is 0.268 e. The molecular formula is C18H10ClN3OS2. The molecule has 1 saturated heterocycles. The van der Waals surface area contributed by atoms with Crippen molar-refractivity contribution in [3.63, 3.8) is 0 Å². The second-order valence-electron chi connectivity index (χ2n) is 5.28. The monoisotopic (exact) mass is 383 g/mol. The summed E-state index contributed by atoms with van der Waals surface area (Å²) in [6, 6.07) is 14.6. The number of hydrogen-bond acceptors (Lipinski definition) is 5. The van der Waals surface area contributed by atoms with Gasteiger partial charge < -0.3 is 0 Å². The van der Waals surface area contributed by atoms with Crippen molar-refractivity contribution in [2.24, 2.45) is 0 Å². The van der Waals surface area contributed by atoms with E-state index in [-0.39, 0.29) is 5.91 Å². The molecule has 0 aliphatic carbocycles. The van der Waals surface area contributed by atoms with E-state index in [2.05, 4.69) is 9.97 Å². The molecule has 1 aromatic heterocycles. The number of hydrogen-bond donors (Lipinski definition) is 0. The van der Waals surface area contributed by atoms with Crippen LogP contribution in [0.4, 0.5) is 5.69 Å². The molecule has 4 rings (SSSR count). The number of benzene rings is 2. The van der Waals surface area contributed by atoms with E-state index in [1.807, 2.05) is 24.3 Å². The fraction of sp³-hybridized carbons (Fsp3) is 0. The topological polar surface area (TPSA) is 46.1 Å². The summed E-state index contributed by atoms with van der Waals surface area (Å²) in [5.74, 6) is -0.174. The number of thiocarbonyl (C=S) groups is 1. The van der Waals surface area contributed by atoms with Crippen LogP contribution in [-0.2, 0) is 4.79 Å². The van der Waals surface area contributed by atoms with E-state index in [0.29, 0.717) is 25.6 Å². The van der Waals surface area contributed by atoms with Crippen molar-refractivity contribution in [1.29, 1.82) is 0 Å². The van der Waals surface area contributed by atoms with E-state index in [9.17, 15) is 4.79 Å². The Bertz CT molecular complexity index is 1030. The zero-order chi connectivity index (χ0) is 17.4. The summed E-state index contributed by atoms with van der Waals surface area (Å²) in [5.41, 5.74) is 2.91. The van der Waals surface area contributed by atoms with E-state index in [4.69, 9.17) is 23.8 Å². The van der Waals surface area contributed by atoms with Gasteiger partial charge in [-0.25, -0.2) is 4.98 Å². The Morgan fingerprint density at radius 1 is 1.08 bits per heavy atom. The van der Waals surface area contributed by atoms with Crippen LogP contribution in [0.1, 0.15) is 5.69 Å². The highest BCUT2D eigenvalue weighted by atomic mass is 35.5. The van der Waals surface area contributed by atoms with Gasteiger partial charge in [0.25, 0.3) is 5.91 Å². The number of amides is 1. The van der Waals surface area contributed by atoms with Gasteiger partial charge in [0.05, 0.1) is 33.5 Å². The van der Waals surface area contributed by atoms with Crippen LogP contribution in [0.5, 0.6) is 0 Å². The molecule has 0 bridgehead atoms. The summed E-state index contributed by atoms with van der Waals surface area (Å²) in [4.78, 5) is 23.6. The molecule has 7 heteroatoms. The zero-order valence-electron chi connectivity index (χ0n) is 12.7. The fourth-order valence-corrected chi connectivity index (χ4v) is 3.87. The van der Waals surface area contributed by atoms with Gasteiger partial charge in [0.2, 0.25) is 0 Å². The number of nitrogens with zero attached hydrogens (tertiary/aromatic N) is 3. The predicted molar refractivity (Wildman–Crippen MR) is 107 cm³/mol. The maximum absolute atomic E-state index is 12.7. The Labute approximate surface area is 158 Å². The third-order valence-corrected chi connectivity index (χ3v) is 5.18. The van der Waals surface area contributed by atoms with Crippen molar-refractivity contribution in [1.82, 2.24) is 9.97 Å². The van der Waals surface area contributed by atoms with Crippen LogP contribution in [0.15, 0.2) is 59.6 Å². The maximum atomic E-state index is 12.7. The number of thioether (sulfide) groups is 1. The van der Waals surface area contributed by atoms with Gasteiger partial charge in [-0.1, -0.05) is 47.7 Å². The lowest BCUT2D eigenvalue weighted by atomic mass is 10.2. The predicted octanol–water partition coefficient (Wildman–Crippen LogP) is 4.69. The fourth-order valence-electron chi connectivity index (χ4n) is 2.46. The average Bonchev–Trinajstić information content (AvgIpc) is 2.89. The molecule has 0 N–H and O–H groups in total. The molecule has 0 saturated carbocycles. The molecule has 3 aromatic rings. The summed E-state index contributed by atoms with van der Waals surface area (Å²) in [6.07, 6.45) is 3.37. The lowest BCUT2D eigenvalue weighted by Gasteiger charge is -2.14. The van der Waals surface area contributed by atoms with Crippen molar-refractivity contribution in [2.45, 2.75) is 0 Å². The summed E-state index contributed by atoms with van der Waals surface area (Å²) in [7, 11) is 0. The van der Waals surface area contributed by atoms with Gasteiger partial charge in [-0.15, -0.1) is 0 Å². The molecule has 0 unspecified atom stereocenters. The summed E-state index contributed by atoms with van der Waals surface area (Å²) >= 11 is 12.5. The highest BCUT2D eigenvalue weighted by Gasteiger charge is 2.33. The minimum Gasteiger partial charge on any atom is -0.268 e. The number of carbonyl (C=O) groups is 1. The summed E-state index contributed by atoms with van der Waals surface area (Å²) in [5, 5.41) is 0.608. The first-order chi connectivity index (χ1) is 12.1. The average molecular weight is 384 g/mol. The highest BCUT2D eigenvalue weighted by Crippen LogP contribution is 2.36. The van der Waals surface area contributed by atoms with Crippen molar-refractivity contribution < 1.29 is 4.79 Å². The minimum absolute atomic E-state index is 0.174. The molecule has 25 heavy (non-hydrogen) atoms. The van der Waals surface area contributed by atoms with Crippen molar-refractivity contribution in [2.75, 3.05) is 4.90 Å². The third-order valence-electron chi connectivity index (χ3n) is 3.62. The number of halogens is 1. The Kier molecular flexibility index (Phi) is 4.25. The molecule has 2 aromatic carbocycles. The number of fused-ring (bicyclic) bond motifs is 1. The molecular weight excluding hydrogens is 374 g/mol. The largest absolute Gasteiger partial charge is 0.270 e. The van der Waals surface area contributed by atoms with Gasteiger partial charge in [-0.05, 0) is 42.5 Å². The first kappa shape index (κ1) is 16.2. The molecule has 1 fully saturated rings. The second kappa shape index (κ2) is 6.55. The lowest BCUT2D eigenvalue weighted by Crippen LogP contribution is -2.27. The van der Waals surface area contributed by atoms with E-state index < -0.39 is 0 Å². The number of para-hydroxylation sites is 2. The molecule has 0 atom stereocenters. The summed E-state index contributed by atoms with van der Waals surface area (Å²) < 4.78 is 0.479. The molecule has 1 aliphatic heterocycles. The van der Waals surface area contributed by atoms with E-state index in [1.165, 1.54) is 16.7 Å². The van der Waals surface area contributed by atoms with Crippen LogP contribution >= 0.6 is 35.6 Å². The maximum Gasteiger partial charge on any atom is 0.270 e.